The topological polar surface area (TPSA) is 20.2 Å². The van der Waals surface area contributed by atoms with E-state index < -0.39 is 6.10 Å². The molecule has 2 heteroatoms. The summed E-state index contributed by atoms with van der Waals surface area (Å²) in [6.45, 7) is 4.15. The molecule has 1 aromatic rings. The van der Waals surface area contributed by atoms with Crippen molar-refractivity contribution in [1.29, 1.82) is 0 Å². The number of aliphatic hydroxyl groups is 1. The highest BCUT2D eigenvalue weighted by Crippen LogP contribution is 2.36. The van der Waals surface area contributed by atoms with Gasteiger partial charge >= 0.3 is 0 Å². The average molecular weight is 281 g/mol. The fraction of sp³-hybridized carbons (Fsp3) is 0.647. The summed E-state index contributed by atoms with van der Waals surface area (Å²) < 4.78 is 0. The molecule has 1 nitrogen and oxygen atoms in total. The van der Waals surface area contributed by atoms with Crippen molar-refractivity contribution in [3.8, 4) is 0 Å². The monoisotopic (exact) mass is 280 g/mol. The van der Waals surface area contributed by atoms with Gasteiger partial charge in [0.05, 0.1) is 6.10 Å². The van der Waals surface area contributed by atoms with E-state index in [1.807, 2.05) is 6.07 Å². The fourth-order valence-corrected chi connectivity index (χ4v) is 3.42. The molecule has 1 atom stereocenters. The molecule has 0 radical (unpaired) electrons. The number of hydrogen-bond acceptors (Lipinski definition) is 1. The zero-order chi connectivity index (χ0) is 13.8. The minimum Gasteiger partial charge on any atom is -0.388 e. The van der Waals surface area contributed by atoms with Crippen molar-refractivity contribution in [2.75, 3.05) is 0 Å². The second-order valence-electron chi connectivity index (χ2n) is 6.01. The number of aliphatic hydroxyl groups excluding tert-OH is 1. The third kappa shape index (κ3) is 3.73. The van der Waals surface area contributed by atoms with E-state index >= 15 is 0 Å². The highest BCUT2D eigenvalue weighted by molar-refractivity contribution is 6.31. The van der Waals surface area contributed by atoms with Gasteiger partial charge in [-0.2, -0.15) is 0 Å². The SMILES string of the molecule is Cc1cc(Cl)c(C(O)C2CCCCCCC2)cc1C. The van der Waals surface area contributed by atoms with E-state index in [2.05, 4.69) is 19.9 Å². The predicted molar refractivity (Wildman–Crippen MR) is 81.7 cm³/mol. The van der Waals surface area contributed by atoms with Crippen LogP contribution in [0, 0.1) is 19.8 Å². The van der Waals surface area contributed by atoms with Gasteiger partial charge in [-0.3, -0.25) is 0 Å². The Morgan fingerprint density at radius 2 is 1.53 bits per heavy atom. The lowest BCUT2D eigenvalue weighted by atomic mass is 9.84. The Labute approximate surface area is 122 Å². The summed E-state index contributed by atoms with van der Waals surface area (Å²) in [5.74, 6) is 0.375. The summed E-state index contributed by atoms with van der Waals surface area (Å²) in [5.41, 5.74) is 3.33. The third-order valence-electron chi connectivity index (χ3n) is 4.53. The number of benzene rings is 1. The van der Waals surface area contributed by atoms with Gasteiger partial charge in [0.15, 0.2) is 0 Å². The molecule has 1 fully saturated rings. The number of rotatable bonds is 2. The van der Waals surface area contributed by atoms with Crippen molar-refractivity contribution in [1.82, 2.24) is 0 Å². The molecule has 1 aromatic carbocycles. The first-order chi connectivity index (χ1) is 9.09. The molecule has 19 heavy (non-hydrogen) atoms. The fourth-order valence-electron chi connectivity index (χ4n) is 3.09. The Morgan fingerprint density at radius 1 is 1.00 bits per heavy atom. The van der Waals surface area contributed by atoms with E-state index in [1.54, 1.807) is 0 Å². The van der Waals surface area contributed by atoms with E-state index in [0.29, 0.717) is 5.92 Å². The maximum Gasteiger partial charge on any atom is 0.0832 e. The molecule has 106 valence electrons. The Morgan fingerprint density at radius 3 is 2.16 bits per heavy atom. The zero-order valence-corrected chi connectivity index (χ0v) is 12.8. The van der Waals surface area contributed by atoms with Gasteiger partial charge in [0.25, 0.3) is 0 Å². The molecule has 2 rings (SSSR count). The molecular weight excluding hydrogens is 256 g/mol. The van der Waals surface area contributed by atoms with Gasteiger partial charge in [0, 0.05) is 5.02 Å². The van der Waals surface area contributed by atoms with Crippen molar-refractivity contribution >= 4 is 11.6 Å². The lowest BCUT2D eigenvalue weighted by Gasteiger charge is -2.26. The van der Waals surface area contributed by atoms with Crippen LogP contribution in [0.1, 0.15) is 67.7 Å². The minimum absolute atomic E-state index is 0.375. The second kappa shape index (κ2) is 6.76. The van der Waals surface area contributed by atoms with Crippen molar-refractivity contribution in [3.05, 3.63) is 33.8 Å². The molecule has 0 heterocycles. The van der Waals surface area contributed by atoms with E-state index in [-0.39, 0.29) is 0 Å². The first-order valence-corrected chi connectivity index (χ1v) is 7.92. The highest BCUT2D eigenvalue weighted by Gasteiger charge is 2.23. The Balaban J connectivity index is 2.17. The smallest absolute Gasteiger partial charge is 0.0832 e. The Bertz CT molecular complexity index is 420. The molecule has 0 spiro atoms. The molecule has 0 aliphatic heterocycles. The van der Waals surface area contributed by atoms with Crippen LogP contribution in [0.15, 0.2) is 12.1 Å². The van der Waals surface area contributed by atoms with Gasteiger partial charge in [-0.1, -0.05) is 49.8 Å². The largest absolute Gasteiger partial charge is 0.388 e. The third-order valence-corrected chi connectivity index (χ3v) is 4.86. The lowest BCUT2D eigenvalue weighted by molar-refractivity contribution is 0.0913. The van der Waals surface area contributed by atoms with Crippen LogP contribution in [-0.2, 0) is 0 Å². The number of aryl methyl sites for hydroxylation is 2. The predicted octanol–water partition coefficient (Wildman–Crippen LogP) is 5.35. The molecule has 1 aliphatic rings. The first-order valence-electron chi connectivity index (χ1n) is 7.54. The average Bonchev–Trinajstić information content (AvgIpc) is 2.32. The van der Waals surface area contributed by atoms with E-state index in [1.165, 1.54) is 43.2 Å². The summed E-state index contributed by atoms with van der Waals surface area (Å²) in [6, 6.07) is 4.06. The van der Waals surface area contributed by atoms with Crippen LogP contribution in [0.25, 0.3) is 0 Å². The quantitative estimate of drug-likeness (QED) is 0.774. The zero-order valence-electron chi connectivity index (χ0n) is 12.1. The van der Waals surface area contributed by atoms with Gasteiger partial charge in [-0.05, 0) is 55.4 Å². The molecule has 1 N–H and O–H groups in total. The summed E-state index contributed by atoms with van der Waals surface area (Å²) >= 11 is 6.33. The molecule has 1 unspecified atom stereocenters. The number of halogens is 1. The molecule has 0 bridgehead atoms. The summed E-state index contributed by atoms with van der Waals surface area (Å²) in [5, 5.41) is 11.4. The van der Waals surface area contributed by atoms with Crippen LogP contribution >= 0.6 is 11.6 Å². The molecule has 1 saturated carbocycles. The van der Waals surface area contributed by atoms with Crippen LogP contribution < -0.4 is 0 Å². The molecule has 1 aliphatic carbocycles. The van der Waals surface area contributed by atoms with Crippen molar-refractivity contribution in [2.45, 2.75) is 64.9 Å². The first kappa shape index (κ1) is 14.9. The Hall–Kier alpha value is -0.530. The van der Waals surface area contributed by atoms with E-state index in [0.717, 1.165) is 23.4 Å². The van der Waals surface area contributed by atoms with Gasteiger partial charge in [0.2, 0.25) is 0 Å². The van der Waals surface area contributed by atoms with Gasteiger partial charge < -0.3 is 5.11 Å². The Kier molecular flexibility index (Phi) is 5.29. The highest BCUT2D eigenvalue weighted by atomic mass is 35.5. The van der Waals surface area contributed by atoms with Gasteiger partial charge in [-0.15, -0.1) is 0 Å². The lowest BCUT2D eigenvalue weighted by Crippen LogP contribution is -2.15. The summed E-state index contributed by atoms with van der Waals surface area (Å²) in [6.07, 6.45) is 8.31. The maximum absolute atomic E-state index is 10.7. The van der Waals surface area contributed by atoms with Crippen LogP contribution in [-0.4, -0.2) is 5.11 Å². The summed E-state index contributed by atoms with van der Waals surface area (Å²) in [7, 11) is 0. The molecule has 0 amide bonds. The van der Waals surface area contributed by atoms with E-state index in [4.69, 9.17) is 11.6 Å². The standard InChI is InChI=1S/C17H25ClO/c1-12-10-15(16(18)11-13(12)2)17(19)14-8-6-4-3-5-7-9-14/h10-11,14,17,19H,3-9H2,1-2H3. The van der Waals surface area contributed by atoms with E-state index in [9.17, 15) is 5.11 Å². The van der Waals surface area contributed by atoms with Crippen LogP contribution in [0.3, 0.4) is 0 Å². The molecular formula is C17H25ClO. The van der Waals surface area contributed by atoms with Crippen molar-refractivity contribution < 1.29 is 5.11 Å². The van der Waals surface area contributed by atoms with Gasteiger partial charge in [-0.25, -0.2) is 0 Å². The molecule has 0 saturated heterocycles. The normalized spacial score (nSPS) is 19.8. The maximum atomic E-state index is 10.7. The van der Waals surface area contributed by atoms with Gasteiger partial charge in [0.1, 0.15) is 0 Å². The number of hydrogen-bond donors (Lipinski definition) is 1. The van der Waals surface area contributed by atoms with Crippen LogP contribution in [0.5, 0.6) is 0 Å². The summed E-state index contributed by atoms with van der Waals surface area (Å²) in [4.78, 5) is 0. The van der Waals surface area contributed by atoms with Crippen molar-refractivity contribution in [3.63, 3.8) is 0 Å². The second-order valence-corrected chi connectivity index (χ2v) is 6.42. The minimum atomic E-state index is -0.398. The molecule has 0 aromatic heterocycles. The van der Waals surface area contributed by atoms with Crippen molar-refractivity contribution in [2.24, 2.45) is 5.92 Å². The van der Waals surface area contributed by atoms with Crippen LogP contribution in [0.4, 0.5) is 0 Å². The van der Waals surface area contributed by atoms with Crippen LogP contribution in [0.2, 0.25) is 5.02 Å².